The smallest absolute Gasteiger partial charge is 0.106 e. The first-order chi connectivity index (χ1) is 3.56. The van der Waals surface area contributed by atoms with E-state index in [2.05, 4.69) is 30.8 Å². The number of oxime groups is 1. The average Bonchev–Trinajstić information content (AvgIpc) is 1.59. The predicted octanol–water partition coefficient (Wildman–Crippen LogP) is 1.66. The lowest BCUT2D eigenvalue weighted by Crippen LogP contribution is -2.05. The van der Waals surface area contributed by atoms with E-state index >= 15 is 0 Å². The van der Waals surface area contributed by atoms with Crippen molar-refractivity contribution >= 4 is 6.21 Å². The van der Waals surface area contributed by atoms with Gasteiger partial charge in [0.05, 0.1) is 0 Å². The van der Waals surface area contributed by atoms with Gasteiger partial charge in [0.2, 0.25) is 0 Å². The van der Waals surface area contributed by atoms with Gasteiger partial charge in [-0.05, 0) is 0 Å². The van der Waals surface area contributed by atoms with Crippen LogP contribution in [-0.2, 0) is 4.84 Å². The van der Waals surface area contributed by atoms with Crippen LogP contribution in [0.3, 0.4) is 0 Å². The van der Waals surface area contributed by atoms with Gasteiger partial charge >= 0.3 is 0 Å². The summed E-state index contributed by atoms with van der Waals surface area (Å²) >= 11 is 0. The van der Waals surface area contributed by atoms with Crippen LogP contribution in [0.25, 0.3) is 0 Å². The molecule has 0 rings (SSSR count). The van der Waals surface area contributed by atoms with Crippen LogP contribution in [0.1, 0.15) is 20.8 Å². The lowest BCUT2D eigenvalue weighted by Gasteiger charge is -2.07. The van der Waals surface area contributed by atoms with E-state index in [1.807, 2.05) is 0 Å². The molecule has 0 aliphatic rings. The average molecular weight is 115 g/mol. The maximum atomic E-state index is 4.49. The minimum atomic E-state index is 0.135. The molecule has 8 heavy (non-hydrogen) atoms. The Kier molecular flexibility index (Phi) is 2.52. The Balaban J connectivity index is 3.52. The predicted molar refractivity (Wildman–Crippen MR) is 35.0 cm³/mol. The summed E-state index contributed by atoms with van der Waals surface area (Å²) in [7, 11) is 1.54. The molecular formula is C6H13NO. The van der Waals surface area contributed by atoms with Gasteiger partial charge in [-0.2, -0.15) is 0 Å². The summed E-state index contributed by atoms with van der Waals surface area (Å²) in [6, 6.07) is 0. The molecule has 2 heteroatoms. The van der Waals surface area contributed by atoms with Gasteiger partial charge in [-0.15, -0.1) is 0 Å². The van der Waals surface area contributed by atoms with Crippen LogP contribution in [0.15, 0.2) is 5.16 Å². The first-order valence-electron chi connectivity index (χ1n) is 2.64. The second-order valence-electron chi connectivity index (χ2n) is 2.78. The first-order valence-corrected chi connectivity index (χ1v) is 2.64. The molecule has 0 radical (unpaired) electrons. The number of hydrogen-bond acceptors (Lipinski definition) is 2. The number of hydrogen-bond donors (Lipinski definition) is 0. The van der Waals surface area contributed by atoms with E-state index in [4.69, 9.17) is 0 Å². The zero-order chi connectivity index (χ0) is 6.62. The molecule has 0 atom stereocenters. The Labute approximate surface area is 50.5 Å². The molecule has 0 aliphatic heterocycles. The van der Waals surface area contributed by atoms with Crippen molar-refractivity contribution in [3.8, 4) is 0 Å². The Morgan fingerprint density at radius 2 is 1.88 bits per heavy atom. The monoisotopic (exact) mass is 115 g/mol. The van der Waals surface area contributed by atoms with Gasteiger partial charge in [-0.3, -0.25) is 0 Å². The van der Waals surface area contributed by atoms with Crippen molar-refractivity contribution in [3.63, 3.8) is 0 Å². The van der Waals surface area contributed by atoms with Crippen molar-refractivity contribution in [2.45, 2.75) is 20.8 Å². The lowest BCUT2D eigenvalue weighted by molar-refractivity contribution is 0.212. The van der Waals surface area contributed by atoms with Crippen molar-refractivity contribution < 1.29 is 4.84 Å². The molecule has 0 aromatic carbocycles. The van der Waals surface area contributed by atoms with Gasteiger partial charge in [-0.1, -0.05) is 25.9 Å². The Hall–Kier alpha value is -0.530. The van der Waals surface area contributed by atoms with Gasteiger partial charge in [0.25, 0.3) is 0 Å². The Morgan fingerprint density at radius 1 is 1.38 bits per heavy atom. The first kappa shape index (κ1) is 7.47. The zero-order valence-electron chi connectivity index (χ0n) is 5.93. The van der Waals surface area contributed by atoms with E-state index in [9.17, 15) is 0 Å². The Bertz CT molecular complexity index is 81.0. The number of nitrogens with zero attached hydrogens (tertiary/aromatic N) is 1. The fourth-order valence-corrected chi connectivity index (χ4v) is 0.211. The molecule has 0 saturated heterocycles. The molecule has 0 bridgehead atoms. The fraction of sp³-hybridized carbons (Fsp3) is 0.833. The van der Waals surface area contributed by atoms with E-state index in [-0.39, 0.29) is 5.41 Å². The fourth-order valence-electron chi connectivity index (χ4n) is 0.211. The van der Waals surface area contributed by atoms with Gasteiger partial charge < -0.3 is 4.84 Å². The molecular weight excluding hydrogens is 102 g/mol. The molecule has 48 valence electrons. The van der Waals surface area contributed by atoms with Crippen LogP contribution >= 0.6 is 0 Å². The second kappa shape index (κ2) is 2.70. The van der Waals surface area contributed by atoms with Crippen molar-refractivity contribution in [3.05, 3.63) is 0 Å². The third kappa shape index (κ3) is 5.47. The van der Waals surface area contributed by atoms with Crippen LogP contribution in [0, 0.1) is 5.41 Å². The SMILES string of the molecule is CON=CC(C)(C)C. The highest BCUT2D eigenvalue weighted by Gasteiger charge is 2.04. The summed E-state index contributed by atoms with van der Waals surface area (Å²) in [5.41, 5.74) is 0.135. The third-order valence-corrected chi connectivity index (χ3v) is 0.545. The van der Waals surface area contributed by atoms with Gasteiger partial charge in [-0.25, -0.2) is 0 Å². The third-order valence-electron chi connectivity index (χ3n) is 0.545. The molecule has 0 N–H and O–H groups in total. The summed E-state index contributed by atoms with van der Waals surface area (Å²) in [6.07, 6.45) is 1.77. The molecule has 2 nitrogen and oxygen atoms in total. The molecule has 0 fully saturated rings. The van der Waals surface area contributed by atoms with Crippen molar-refractivity contribution in [2.24, 2.45) is 10.6 Å². The van der Waals surface area contributed by atoms with Crippen LogP contribution < -0.4 is 0 Å². The van der Waals surface area contributed by atoms with E-state index in [1.54, 1.807) is 13.3 Å². The molecule has 0 amide bonds. The molecule has 0 saturated carbocycles. The minimum absolute atomic E-state index is 0.135. The summed E-state index contributed by atoms with van der Waals surface area (Å²) < 4.78 is 0. The maximum absolute atomic E-state index is 4.49. The summed E-state index contributed by atoms with van der Waals surface area (Å²) in [6.45, 7) is 6.20. The normalized spacial score (nSPS) is 12.5. The van der Waals surface area contributed by atoms with Gasteiger partial charge in [0, 0.05) is 11.6 Å². The van der Waals surface area contributed by atoms with Gasteiger partial charge in [0.15, 0.2) is 0 Å². The van der Waals surface area contributed by atoms with E-state index in [1.165, 1.54) is 0 Å². The van der Waals surface area contributed by atoms with Crippen molar-refractivity contribution in [1.82, 2.24) is 0 Å². The highest BCUT2D eigenvalue weighted by molar-refractivity contribution is 5.63. The summed E-state index contributed by atoms with van der Waals surface area (Å²) in [5.74, 6) is 0. The topological polar surface area (TPSA) is 21.6 Å². The standard InChI is InChI=1S/C6H13NO/c1-6(2,3)5-7-8-4/h5H,1-4H3. The summed E-state index contributed by atoms with van der Waals surface area (Å²) in [4.78, 5) is 4.49. The van der Waals surface area contributed by atoms with Crippen molar-refractivity contribution in [1.29, 1.82) is 0 Å². The lowest BCUT2D eigenvalue weighted by atomic mass is 10.00. The van der Waals surface area contributed by atoms with E-state index in [0.29, 0.717) is 0 Å². The minimum Gasteiger partial charge on any atom is -0.399 e. The number of rotatable bonds is 1. The molecule has 0 spiro atoms. The molecule has 0 heterocycles. The van der Waals surface area contributed by atoms with Crippen LogP contribution in [0.2, 0.25) is 0 Å². The second-order valence-corrected chi connectivity index (χ2v) is 2.78. The molecule has 0 unspecified atom stereocenters. The van der Waals surface area contributed by atoms with Crippen molar-refractivity contribution in [2.75, 3.05) is 7.11 Å². The summed E-state index contributed by atoms with van der Waals surface area (Å²) in [5, 5.41) is 3.62. The van der Waals surface area contributed by atoms with Crippen LogP contribution in [-0.4, -0.2) is 13.3 Å². The molecule has 0 aromatic heterocycles. The molecule has 0 aliphatic carbocycles. The van der Waals surface area contributed by atoms with E-state index in [0.717, 1.165) is 0 Å². The molecule has 0 aromatic rings. The van der Waals surface area contributed by atoms with Crippen LogP contribution in [0.4, 0.5) is 0 Å². The van der Waals surface area contributed by atoms with Crippen LogP contribution in [0.5, 0.6) is 0 Å². The Morgan fingerprint density at radius 3 is 2.00 bits per heavy atom. The largest absolute Gasteiger partial charge is 0.399 e. The zero-order valence-corrected chi connectivity index (χ0v) is 5.93. The highest BCUT2D eigenvalue weighted by Crippen LogP contribution is 2.07. The van der Waals surface area contributed by atoms with E-state index < -0.39 is 0 Å². The van der Waals surface area contributed by atoms with Gasteiger partial charge in [0.1, 0.15) is 7.11 Å². The maximum Gasteiger partial charge on any atom is 0.106 e. The quantitative estimate of drug-likeness (QED) is 0.376. The highest BCUT2D eigenvalue weighted by atomic mass is 16.6.